The maximum Gasteiger partial charge on any atom is 0.0956 e. The van der Waals surface area contributed by atoms with Crippen LogP contribution in [0.15, 0.2) is 11.6 Å². The van der Waals surface area contributed by atoms with Gasteiger partial charge in [-0.05, 0) is 64.2 Å². The van der Waals surface area contributed by atoms with E-state index < -0.39 is 0 Å². The smallest absolute Gasteiger partial charge is 0.0956 e. The molecule has 0 aromatic rings. The van der Waals surface area contributed by atoms with Crippen LogP contribution in [0, 0.1) is 11.3 Å². The van der Waals surface area contributed by atoms with E-state index >= 15 is 0 Å². The third kappa shape index (κ3) is 1.97. The van der Waals surface area contributed by atoms with Crippen LogP contribution in [0.3, 0.4) is 0 Å². The number of hydrogen-bond donors (Lipinski definition) is 0. The maximum atomic E-state index is 6.13. The number of hydrogen-bond acceptors (Lipinski definition) is 1. The fraction of sp³-hybridized carbons (Fsp3) is 0.875. The molecule has 3 aliphatic rings. The van der Waals surface area contributed by atoms with Gasteiger partial charge in [0, 0.05) is 0 Å². The Hall–Kier alpha value is -0.300. The Morgan fingerprint density at radius 3 is 2.65 bits per heavy atom. The minimum atomic E-state index is 0.225. The van der Waals surface area contributed by atoms with Gasteiger partial charge in [-0.2, -0.15) is 0 Å². The molecule has 0 amide bonds. The minimum Gasteiger partial charge on any atom is -0.366 e. The van der Waals surface area contributed by atoms with E-state index in [9.17, 15) is 0 Å². The van der Waals surface area contributed by atoms with Gasteiger partial charge in [0.05, 0.1) is 11.7 Å². The fourth-order valence-electron chi connectivity index (χ4n) is 4.16. The molecule has 0 radical (unpaired) electrons. The average molecular weight is 234 g/mol. The summed E-state index contributed by atoms with van der Waals surface area (Å²) >= 11 is 0. The summed E-state index contributed by atoms with van der Waals surface area (Å²) in [6.07, 6.45) is 12.7. The summed E-state index contributed by atoms with van der Waals surface area (Å²) in [6, 6.07) is 0. The van der Waals surface area contributed by atoms with Crippen molar-refractivity contribution in [1.82, 2.24) is 0 Å². The van der Waals surface area contributed by atoms with E-state index in [0.717, 1.165) is 12.3 Å². The van der Waals surface area contributed by atoms with Crippen LogP contribution in [0.4, 0.5) is 0 Å². The third-order valence-corrected chi connectivity index (χ3v) is 5.46. The molecule has 17 heavy (non-hydrogen) atoms. The first-order valence-corrected chi connectivity index (χ1v) is 7.38. The molecule has 1 aliphatic heterocycles. The predicted octanol–water partition coefficient (Wildman–Crippen LogP) is 4.47. The van der Waals surface area contributed by atoms with Gasteiger partial charge in [0.2, 0.25) is 0 Å². The van der Waals surface area contributed by atoms with Gasteiger partial charge < -0.3 is 4.74 Å². The zero-order valence-electron chi connectivity index (χ0n) is 11.6. The normalized spacial score (nSPS) is 42.3. The third-order valence-electron chi connectivity index (χ3n) is 5.46. The van der Waals surface area contributed by atoms with Crippen molar-refractivity contribution in [3.63, 3.8) is 0 Å². The van der Waals surface area contributed by atoms with Gasteiger partial charge in [-0.1, -0.05) is 24.5 Å². The Morgan fingerprint density at radius 2 is 2.00 bits per heavy atom. The second-order valence-corrected chi connectivity index (χ2v) is 6.97. The van der Waals surface area contributed by atoms with Crippen LogP contribution in [-0.4, -0.2) is 11.7 Å². The standard InChI is InChI=1S/C16H26O/c1-12(2)7-8-14-15(3,17-14)13-6-4-5-9-16(13)10-11-16/h7,13-14H,4-6,8-11H2,1-3H3. The van der Waals surface area contributed by atoms with Crippen LogP contribution >= 0.6 is 0 Å². The number of allylic oxidation sites excluding steroid dienone is 1. The van der Waals surface area contributed by atoms with E-state index in [-0.39, 0.29) is 5.60 Å². The topological polar surface area (TPSA) is 12.5 Å². The molecule has 1 spiro atoms. The van der Waals surface area contributed by atoms with Gasteiger partial charge in [-0.15, -0.1) is 0 Å². The first kappa shape index (κ1) is 11.8. The highest BCUT2D eigenvalue weighted by Gasteiger charge is 2.65. The number of epoxide rings is 1. The lowest BCUT2D eigenvalue weighted by Crippen LogP contribution is -2.34. The van der Waals surface area contributed by atoms with Crippen molar-refractivity contribution in [2.45, 2.75) is 77.4 Å². The first-order chi connectivity index (χ1) is 8.07. The summed E-state index contributed by atoms with van der Waals surface area (Å²) in [5.74, 6) is 0.860. The SMILES string of the molecule is CC(C)=CCC1OC1(C)C1CCCCC12CC2. The van der Waals surface area contributed by atoms with Gasteiger partial charge in [-0.3, -0.25) is 0 Å². The molecule has 3 unspecified atom stereocenters. The molecule has 3 fully saturated rings. The average Bonchev–Trinajstić information content (AvgIpc) is 3.17. The maximum absolute atomic E-state index is 6.13. The molecule has 3 atom stereocenters. The Balaban J connectivity index is 1.66. The van der Waals surface area contributed by atoms with Crippen molar-refractivity contribution in [1.29, 1.82) is 0 Å². The van der Waals surface area contributed by atoms with Crippen molar-refractivity contribution < 1.29 is 4.74 Å². The van der Waals surface area contributed by atoms with Crippen LogP contribution in [0.1, 0.15) is 65.7 Å². The molecule has 1 heteroatoms. The molecule has 0 aromatic heterocycles. The Kier molecular flexibility index (Phi) is 2.66. The van der Waals surface area contributed by atoms with Crippen molar-refractivity contribution >= 4 is 0 Å². The van der Waals surface area contributed by atoms with Crippen molar-refractivity contribution in [3.05, 3.63) is 11.6 Å². The summed E-state index contributed by atoms with van der Waals surface area (Å²) in [5.41, 5.74) is 2.36. The van der Waals surface area contributed by atoms with Gasteiger partial charge in [0.1, 0.15) is 0 Å². The Morgan fingerprint density at radius 1 is 1.24 bits per heavy atom. The summed E-state index contributed by atoms with van der Waals surface area (Å²) in [4.78, 5) is 0. The van der Waals surface area contributed by atoms with Gasteiger partial charge in [-0.25, -0.2) is 0 Å². The summed E-state index contributed by atoms with van der Waals surface area (Å²) in [5, 5.41) is 0. The van der Waals surface area contributed by atoms with E-state index in [4.69, 9.17) is 4.74 Å². The molecule has 1 heterocycles. The zero-order valence-corrected chi connectivity index (χ0v) is 11.6. The van der Waals surface area contributed by atoms with Crippen LogP contribution in [-0.2, 0) is 4.74 Å². The van der Waals surface area contributed by atoms with Crippen LogP contribution in [0.5, 0.6) is 0 Å². The second-order valence-electron chi connectivity index (χ2n) is 6.97. The van der Waals surface area contributed by atoms with E-state index in [2.05, 4.69) is 26.8 Å². The molecule has 1 saturated heterocycles. The lowest BCUT2D eigenvalue weighted by molar-refractivity contribution is 0.111. The quantitative estimate of drug-likeness (QED) is 0.518. The molecule has 0 N–H and O–H groups in total. The fourth-order valence-corrected chi connectivity index (χ4v) is 4.16. The molecule has 0 aromatic carbocycles. The summed E-state index contributed by atoms with van der Waals surface area (Å²) < 4.78 is 6.13. The van der Waals surface area contributed by atoms with Gasteiger partial charge in [0.15, 0.2) is 0 Å². The molecular formula is C16H26O. The first-order valence-electron chi connectivity index (χ1n) is 7.38. The summed E-state index contributed by atoms with van der Waals surface area (Å²) in [6.45, 7) is 6.75. The minimum absolute atomic E-state index is 0.225. The Bertz CT molecular complexity index is 335. The van der Waals surface area contributed by atoms with Crippen molar-refractivity contribution in [3.8, 4) is 0 Å². The molecular weight excluding hydrogens is 208 g/mol. The highest BCUT2D eigenvalue weighted by Crippen LogP contribution is 2.66. The lowest BCUT2D eigenvalue weighted by Gasteiger charge is -2.35. The number of ether oxygens (including phenoxy) is 1. The molecule has 96 valence electrons. The van der Waals surface area contributed by atoms with E-state index in [1.807, 2.05) is 0 Å². The Labute approximate surface area is 106 Å². The lowest BCUT2D eigenvalue weighted by atomic mass is 9.69. The molecule has 2 saturated carbocycles. The monoisotopic (exact) mass is 234 g/mol. The van der Waals surface area contributed by atoms with E-state index in [1.54, 1.807) is 0 Å². The van der Waals surface area contributed by atoms with Crippen LogP contribution < -0.4 is 0 Å². The molecule has 1 nitrogen and oxygen atoms in total. The zero-order chi connectivity index (χ0) is 12.1. The molecule has 2 aliphatic carbocycles. The highest BCUT2D eigenvalue weighted by molar-refractivity contribution is 5.16. The van der Waals surface area contributed by atoms with Gasteiger partial charge >= 0.3 is 0 Å². The van der Waals surface area contributed by atoms with Gasteiger partial charge in [0.25, 0.3) is 0 Å². The molecule has 0 bridgehead atoms. The van der Waals surface area contributed by atoms with E-state index in [0.29, 0.717) is 11.5 Å². The van der Waals surface area contributed by atoms with Crippen molar-refractivity contribution in [2.75, 3.05) is 0 Å². The summed E-state index contributed by atoms with van der Waals surface area (Å²) in [7, 11) is 0. The predicted molar refractivity (Wildman–Crippen MR) is 71.0 cm³/mol. The largest absolute Gasteiger partial charge is 0.366 e. The molecule has 3 rings (SSSR count). The van der Waals surface area contributed by atoms with E-state index in [1.165, 1.54) is 44.1 Å². The van der Waals surface area contributed by atoms with Crippen LogP contribution in [0.2, 0.25) is 0 Å². The number of rotatable bonds is 3. The van der Waals surface area contributed by atoms with Crippen LogP contribution in [0.25, 0.3) is 0 Å². The van der Waals surface area contributed by atoms with Crippen molar-refractivity contribution in [2.24, 2.45) is 11.3 Å². The highest BCUT2D eigenvalue weighted by atomic mass is 16.6. The second kappa shape index (κ2) is 3.85.